The molecule has 2 heterocycles. The van der Waals surface area contributed by atoms with E-state index in [1.807, 2.05) is 12.3 Å². The van der Waals surface area contributed by atoms with E-state index in [2.05, 4.69) is 9.97 Å². The van der Waals surface area contributed by atoms with Gasteiger partial charge in [-0.3, -0.25) is 4.79 Å². The molecule has 0 spiro atoms. The van der Waals surface area contributed by atoms with Gasteiger partial charge in [0.05, 0.1) is 24.1 Å². The van der Waals surface area contributed by atoms with Crippen LogP contribution in [0.2, 0.25) is 0 Å². The third kappa shape index (κ3) is 3.36. The molecule has 21 heavy (non-hydrogen) atoms. The number of nitrogens with zero attached hydrogens (tertiary/aromatic N) is 1. The number of H-pyrrole nitrogens is 1. The highest BCUT2D eigenvalue weighted by Gasteiger charge is 2.22. The minimum Gasteiger partial charge on any atom is -0.465 e. The highest BCUT2D eigenvalue weighted by molar-refractivity contribution is 8.01. The molecule has 0 saturated carbocycles. The topological polar surface area (TPSA) is 72.1 Å². The summed E-state index contributed by atoms with van der Waals surface area (Å²) in [6.45, 7) is 5.43. The summed E-state index contributed by atoms with van der Waals surface area (Å²) in [6.07, 6.45) is 0. The number of carbonyl (C=O) groups is 2. The van der Waals surface area contributed by atoms with Crippen LogP contribution in [0.1, 0.15) is 37.8 Å². The summed E-state index contributed by atoms with van der Waals surface area (Å²) in [5.41, 5.74) is 3.15. The molecule has 0 bridgehead atoms. The number of nitrogens with one attached hydrogen (secondary N) is 1. The van der Waals surface area contributed by atoms with Crippen molar-refractivity contribution >= 4 is 34.9 Å². The number of thioether (sulfide) groups is 1. The van der Waals surface area contributed by atoms with E-state index in [-0.39, 0.29) is 11.5 Å². The molecule has 0 aliphatic heterocycles. The molecule has 7 heteroatoms. The summed E-state index contributed by atoms with van der Waals surface area (Å²) in [6, 6.07) is 0. The van der Waals surface area contributed by atoms with Crippen LogP contribution in [0.3, 0.4) is 0 Å². The number of aryl methyl sites for hydroxylation is 2. The van der Waals surface area contributed by atoms with E-state index in [0.29, 0.717) is 22.5 Å². The summed E-state index contributed by atoms with van der Waals surface area (Å²) in [5, 5.41) is 1.95. The van der Waals surface area contributed by atoms with Crippen molar-refractivity contribution in [2.45, 2.75) is 25.1 Å². The van der Waals surface area contributed by atoms with Crippen LogP contribution in [0, 0.1) is 20.8 Å². The summed E-state index contributed by atoms with van der Waals surface area (Å²) < 4.78 is 5.61. The maximum absolute atomic E-state index is 12.3. The van der Waals surface area contributed by atoms with E-state index in [1.54, 1.807) is 13.8 Å². The van der Waals surface area contributed by atoms with Crippen LogP contribution in [-0.2, 0) is 4.74 Å². The average Bonchev–Trinajstić information content (AvgIpc) is 2.99. The fraction of sp³-hybridized carbons (Fsp3) is 0.357. The lowest BCUT2D eigenvalue weighted by Gasteiger charge is -2.00. The number of ether oxygens (including phenoxy) is 1. The van der Waals surface area contributed by atoms with E-state index in [0.717, 1.165) is 10.0 Å². The van der Waals surface area contributed by atoms with Gasteiger partial charge in [0.25, 0.3) is 0 Å². The molecule has 2 aromatic heterocycles. The zero-order valence-corrected chi connectivity index (χ0v) is 13.9. The van der Waals surface area contributed by atoms with Crippen LogP contribution < -0.4 is 0 Å². The van der Waals surface area contributed by atoms with E-state index < -0.39 is 5.97 Å². The normalized spacial score (nSPS) is 10.7. The van der Waals surface area contributed by atoms with Crippen LogP contribution in [0.5, 0.6) is 0 Å². The molecule has 112 valence electrons. The highest BCUT2D eigenvalue weighted by Crippen LogP contribution is 2.25. The molecule has 2 aromatic rings. The number of thiazole rings is 1. The predicted octanol–water partition coefficient (Wildman–Crippen LogP) is 3.16. The number of methoxy groups -OCH3 is 1. The Labute approximate surface area is 131 Å². The summed E-state index contributed by atoms with van der Waals surface area (Å²) in [4.78, 5) is 31.3. The van der Waals surface area contributed by atoms with E-state index in [4.69, 9.17) is 4.74 Å². The molecule has 2 rings (SSSR count). The van der Waals surface area contributed by atoms with Crippen LogP contribution in [0.4, 0.5) is 0 Å². The Morgan fingerprint density at radius 3 is 2.67 bits per heavy atom. The lowest BCUT2D eigenvalue weighted by atomic mass is 10.1. The second-order valence-corrected chi connectivity index (χ2v) is 6.66. The van der Waals surface area contributed by atoms with Gasteiger partial charge in [0.2, 0.25) is 0 Å². The third-order valence-corrected chi connectivity index (χ3v) is 5.17. The number of rotatable bonds is 5. The van der Waals surface area contributed by atoms with E-state index in [1.165, 1.54) is 30.2 Å². The molecule has 5 nitrogen and oxygen atoms in total. The van der Waals surface area contributed by atoms with Gasteiger partial charge in [0.15, 0.2) is 10.1 Å². The molecule has 0 aliphatic rings. The van der Waals surface area contributed by atoms with Crippen molar-refractivity contribution < 1.29 is 14.3 Å². The maximum atomic E-state index is 12.3. The highest BCUT2D eigenvalue weighted by atomic mass is 32.2. The fourth-order valence-corrected chi connectivity index (χ4v) is 3.76. The molecule has 0 radical (unpaired) electrons. The number of aromatic nitrogens is 2. The SMILES string of the molecule is COC(=O)c1c(C)[nH]c(C(=O)CSc2nc(C)cs2)c1C. The van der Waals surface area contributed by atoms with Crippen LogP contribution in [-0.4, -0.2) is 34.6 Å². The van der Waals surface area contributed by atoms with Gasteiger partial charge >= 0.3 is 5.97 Å². The summed E-state index contributed by atoms with van der Waals surface area (Å²) >= 11 is 2.93. The minimum atomic E-state index is -0.427. The number of hydrogen-bond acceptors (Lipinski definition) is 6. The number of aromatic amines is 1. The van der Waals surface area contributed by atoms with Crippen molar-refractivity contribution in [2.75, 3.05) is 12.9 Å². The Kier molecular flexibility index (Phi) is 4.84. The molecule has 1 N–H and O–H groups in total. The number of carbonyl (C=O) groups excluding carboxylic acids is 2. The van der Waals surface area contributed by atoms with E-state index in [9.17, 15) is 9.59 Å². The smallest absolute Gasteiger partial charge is 0.339 e. The first-order valence-corrected chi connectivity index (χ1v) is 8.16. The number of esters is 1. The average molecular weight is 324 g/mol. The van der Waals surface area contributed by atoms with Crippen LogP contribution >= 0.6 is 23.1 Å². The first kappa shape index (κ1) is 15.8. The van der Waals surface area contributed by atoms with Gasteiger partial charge in [-0.05, 0) is 26.3 Å². The van der Waals surface area contributed by atoms with E-state index >= 15 is 0 Å². The zero-order chi connectivity index (χ0) is 15.6. The Bertz CT molecular complexity index is 688. The molecule has 0 amide bonds. The van der Waals surface area contributed by atoms with Gasteiger partial charge in [-0.15, -0.1) is 11.3 Å². The van der Waals surface area contributed by atoms with Gasteiger partial charge in [-0.2, -0.15) is 0 Å². The van der Waals surface area contributed by atoms with Crippen molar-refractivity contribution in [1.29, 1.82) is 0 Å². The quantitative estimate of drug-likeness (QED) is 0.519. The molecular weight excluding hydrogens is 308 g/mol. The molecule has 0 aliphatic carbocycles. The predicted molar refractivity (Wildman–Crippen MR) is 83.5 cm³/mol. The summed E-state index contributed by atoms with van der Waals surface area (Å²) in [7, 11) is 1.33. The molecule has 0 unspecified atom stereocenters. The largest absolute Gasteiger partial charge is 0.465 e. The lowest BCUT2D eigenvalue weighted by molar-refractivity contribution is 0.0599. The third-order valence-electron chi connectivity index (χ3n) is 3.03. The number of Topliss-reactive ketones (excluding diaryl/α,β-unsaturated/α-hetero) is 1. The van der Waals surface area contributed by atoms with Crippen molar-refractivity contribution in [1.82, 2.24) is 9.97 Å². The van der Waals surface area contributed by atoms with Crippen LogP contribution in [0.15, 0.2) is 9.72 Å². The maximum Gasteiger partial charge on any atom is 0.339 e. The van der Waals surface area contributed by atoms with Crippen molar-refractivity contribution in [3.8, 4) is 0 Å². The van der Waals surface area contributed by atoms with Crippen molar-refractivity contribution in [3.63, 3.8) is 0 Å². The first-order valence-electron chi connectivity index (χ1n) is 6.29. The monoisotopic (exact) mass is 324 g/mol. The standard InChI is InChI=1S/C14H16N2O3S2/c1-7-5-20-14(15-7)21-6-10(17)12-8(2)11(9(3)16-12)13(18)19-4/h5,16H,6H2,1-4H3. The molecule has 0 saturated heterocycles. The number of ketones is 1. The Morgan fingerprint density at radius 1 is 1.38 bits per heavy atom. The first-order chi connectivity index (χ1) is 9.93. The van der Waals surface area contributed by atoms with Crippen molar-refractivity contribution in [3.05, 3.63) is 33.6 Å². The molecular formula is C14H16N2O3S2. The molecule has 0 atom stereocenters. The zero-order valence-electron chi connectivity index (χ0n) is 12.3. The molecule has 0 aromatic carbocycles. The fourth-order valence-electron chi connectivity index (χ4n) is 2.04. The second-order valence-electron chi connectivity index (χ2n) is 4.58. The molecule has 0 fully saturated rings. The van der Waals surface area contributed by atoms with Gasteiger partial charge < -0.3 is 9.72 Å². The number of hydrogen-bond donors (Lipinski definition) is 1. The van der Waals surface area contributed by atoms with Gasteiger partial charge in [0.1, 0.15) is 0 Å². The van der Waals surface area contributed by atoms with Gasteiger partial charge in [-0.25, -0.2) is 9.78 Å². The van der Waals surface area contributed by atoms with Gasteiger partial charge in [0, 0.05) is 16.8 Å². The Hall–Kier alpha value is -1.60. The van der Waals surface area contributed by atoms with Gasteiger partial charge in [-0.1, -0.05) is 11.8 Å². The minimum absolute atomic E-state index is 0.0522. The Morgan fingerprint density at radius 2 is 2.10 bits per heavy atom. The summed E-state index contributed by atoms with van der Waals surface area (Å²) in [5.74, 6) is -0.193. The lowest BCUT2D eigenvalue weighted by Crippen LogP contribution is -2.07. The van der Waals surface area contributed by atoms with Crippen LogP contribution in [0.25, 0.3) is 0 Å². The Balaban J connectivity index is 2.14. The van der Waals surface area contributed by atoms with Crippen molar-refractivity contribution in [2.24, 2.45) is 0 Å². The second kappa shape index (κ2) is 6.44.